The number of methoxy groups -OCH3 is 2. The summed E-state index contributed by atoms with van der Waals surface area (Å²) in [5.41, 5.74) is -0.676. The number of rotatable bonds is 2. The molecule has 0 unspecified atom stereocenters. The van der Waals surface area contributed by atoms with E-state index in [4.69, 9.17) is 9.47 Å². The van der Waals surface area contributed by atoms with Crippen LogP contribution in [0.4, 0.5) is 0 Å². The molecule has 0 radical (unpaired) electrons. The van der Waals surface area contributed by atoms with Gasteiger partial charge in [-0.1, -0.05) is 0 Å². The lowest BCUT2D eigenvalue weighted by molar-refractivity contribution is -0.169. The summed E-state index contributed by atoms with van der Waals surface area (Å²) in [6.07, 6.45) is 2.99. The van der Waals surface area contributed by atoms with Crippen LogP contribution in [-0.4, -0.2) is 26.2 Å². The molecule has 0 saturated heterocycles. The molecule has 2 aliphatic rings. The molecule has 16 heavy (non-hydrogen) atoms. The molecule has 2 rings (SSSR count). The Balaban J connectivity index is 2.34. The first kappa shape index (κ1) is 11.4. The Morgan fingerprint density at radius 1 is 1.19 bits per heavy atom. The van der Waals surface area contributed by atoms with Crippen molar-refractivity contribution in [2.45, 2.75) is 26.2 Å². The summed E-state index contributed by atoms with van der Waals surface area (Å²) in [5, 5.41) is 0. The summed E-state index contributed by atoms with van der Waals surface area (Å²) in [5.74, 6) is -0.283. The van der Waals surface area contributed by atoms with Crippen molar-refractivity contribution in [3.8, 4) is 0 Å². The summed E-state index contributed by atoms with van der Waals surface area (Å²) in [6.45, 7) is 1.85. The van der Waals surface area contributed by atoms with Gasteiger partial charge in [0.1, 0.15) is 0 Å². The largest absolute Gasteiger partial charge is 0.469 e. The first-order valence-electron chi connectivity index (χ1n) is 5.72. The van der Waals surface area contributed by atoms with Gasteiger partial charge < -0.3 is 9.47 Å². The topological polar surface area (TPSA) is 52.6 Å². The Labute approximate surface area is 95.3 Å². The zero-order valence-electron chi connectivity index (χ0n) is 9.99. The van der Waals surface area contributed by atoms with Crippen molar-refractivity contribution in [2.75, 3.05) is 14.2 Å². The average Bonchev–Trinajstić information content (AvgIpc) is 2.86. The predicted octanol–water partition coefficient (Wildman–Crippen LogP) is 1.38. The Hall–Kier alpha value is -1.06. The van der Waals surface area contributed by atoms with Crippen molar-refractivity contribution in [2.24, 2.45) is 23.2 Å². The number of carbonyl (C=O) groups excluding carboxylic acids is 2. The van der Waals surface area contributed by atoms with Gasteiger partial charge >= 0.3 is 11.9 Å². The molecule has 0 aromatic heterocycles. The zero-order chi connectivity index (χ0) is 11.9. The lowest BCUT2D eigenvalue weighted by Gasteiger charge is -2.36. The number of fused-ring (bicyclic) bond motifs is 2. The number of ether oxygens (including phenoxy) is 2. The highest BCUT2D eigenvalue weighted by molar-refractivity contribution is 5.86. The summed E-state index contributed by atoms with van der Waals surface area (Å²) < 4.78 is 9.70. The maximum Gasteiger partial charge on any atom is 0.312 e. The number of carbonyl (C=O) groups is 2. The molecule has 4 heteroatoms. The highest BCUT2D eigenvalue weighted by Gasteiger charge is 2.63. The van der Waals surface area contributed by atoms with Gasteiger partial charge in [-0.2, -0.15) is 0 Å². The fraction of sp³-hybridized carbons (Fsp3) is 0.833. The number of esters is 2. The van der Waals surface area contributed by atoms with E-state index in [0.29, 0.717) is 5.92 Å². The van der Waals surface area contributed by atoms with Gasteiger partial charge in [-0.3, -0.25) is 9.59 Å². The van der Waals surface area contributed by atoms with E-state index < -0.39 is 5.41 Å². The van der Waals surface area contributed by atoms with E-state index in [-0.39, 0.29) is 23.8 Å². The molecule has 90 valence electrons. The Kier molecular flexibility index (Phi) is 2.68. The molecule has 0 spiro atoms. The van der Waals surface area contributed by atoms with Crippen LogP contribution in [0.2, 0.25) is 0 Å². The molecule has 2 aliphatic carbocycles. The standard InChI is InChI=1S/C12H18O4/c1-12(11(14)16-3)8-5-4-7(6-8)9(12)10(13)15-2/h7-9H,4-6H2,1-3H3/t7-,8+,9+,12-/m0/s1. The van der Waals surface area contributed by atoms with E-state index >= 15 is 0 Å². The van der Waals surface area contributed by atoms with Crippen molar-refractivity contribution in [3.63, 3.8) is 0 Å². The Morgan fingerprint density at radius 3 is 2.44 bits per heavy atom. The molecule has 2 fully saturated rings. The smallest absolute Gasteiger partial charge is 0.312 e. The van der Waals surface area contributed by atoms with Gasteiger partial charge in [-0.25, -0.2) is 0 Å². The molecule has 2 bridgehead atoms. The first-order valence-corrected chi connectivity index (χ1v) is 5.72. The summed E-state index contributed by atoms with van der Waals surface area (Å²) in [7, 11) is 2.76. The predicted molar refractivity (Wildman–Crippen MR) is 56.5 cm³/mol. The second-order valence-corrected chi connectivity index (χ2v) is 5.05. The van der Waals surface area contributed by atoms with Gasteiger partial charge in [0.05, 0.1) is 25.6 Å². The second-order valence-electron chi connectivity index (χ2n) is 5.05. The van der Waals surface area contributed by atoms with Crippen LogP contribution in [0, 0.1) is 23.2 Å². The van der Waals surface area contributed by atoms with Gasteiger partial charge in [0.25, 0.3) is 0 Å². The molecule has 0 heterocycles. The number of hydrogen-bond acceptors (Lipinski definition) is 4. The molecule has 0 aliphatic heterocycles. The zero-order valence-corrected chi connectivity index (χ0v) is 9.99. The third-order valence-corrected chi connectivity index (χ3v) is 4.52. The lowest BCUT2D eigenvalue weighted by Crippen LogP contribution is -2.45. The van der Waals surface area contributed by atoms with Crippen molar-refractivity contribution < 1.29 is 19.1 Å². The highest BCUT2D eigenvalue weighted by atomic mass is 16.5. The minimum atomic E-state index is -0.676. The van der Waals surface area contributed by atoms with E-state index in [0.717, 1.165) is 19.3 Å². The Bertz CT molecular complexity index is 325. The molecule has 4 atom stereocenters. The fourth-order valence-electron chi connectivity index (χ4n) is 3.69. The molecule has 2 saturated carbocycles. The normalized spacial score (nSPS) is 40.8. The average molecular weight is 226 g/mol. The minimum absolute atomic E-state index is 0.264. The molecule has 0 aromatic rings. The van der Waals surface area contributed by atoms with Crippen LogP contribution in [0.1, 0.15) is 26.2 Å². The molecule has 4 nitrogen and oxygen atoms in total. The fourth-order valence-corrected chi connectivity index (χ4v) is 3.69. The maximum absolute atomic E-state index is 11.9. The Morgan fingerprint density at radius 2 is 1.88 bits per heavy atom. The van der Waals surface area contributed by atoms with Crippen molar-refractivity contribution in [1.29, 1.82) is 0 Å². The molecular weight excluding hydrogens is 208 g/mol. The van der Waals surface area contributed by atoms with Gasteiger partial charge in [0.15, 0.2) is 0 Å². The summed E-state index contributed by atoms with van der Waals surface area (Å²) in [4.78, 5) is 23.7. The third kappa shape index (κ3) is 1.28. The molecule has 0 amide bonds. The molecular formula is C12H18O4. The van der Waals surface area contributed by atoms with Crippen LogP contribution in [0.5, 0.6) is 0 Å². The molecule has 0 N–H and O–H groups in total. The van der Waals surface area contributed by atoms with E-state index in [2.05, 4.69) is 0 Å². The molecule has 0 aromatic carbocycles. The summed E-state index contributed by atoms with van der Waals surface area (Å²) in [6, 6.07) is 0. The summed E-state index contributed by atoms with van der Waals surface area (Å²) >= 11 is 0. The third-order valence-electron chi connectivity index (χ3n) is 4.52. The van der Waals surface area contributed by atoms with E-state index in [9.17, 15) is 9.59 Å². The van der Waals surface area contributed by atoms with Crippen molar-refractivity contribution in [1.82, 2.24) is 0 Å². The van der Waals surface area contributed by atoms with Gasteiger partial charge in [0, 0.05) is 0 Å². The second kappa shape index (κ2) is 3.75. The van der Waals surface area contributed by atoms with Crippen LogP contribution in [0.15, 0.2) is 0 Å². The van der Waals surface area contributed by atoms with Crippen LogP contribution >= 0.6 is 0 Å². The number of hydrogen-bond donors (Lipinski definition) is 0. The monoisotopic (exact) mass is 226 g/mol. The quantitative estimate of drug-likeness (QED) is 0.667. The first-order chi connectivity index (χ1) is 7.55. The van der Waals surface area contributed by atoms with Crippen LogP contribution < -0.4 is 0 Å². The van der Waals surface area contributed by atoms with Crippen LogP contribution in [0.25, 0.3) is 0 Å². The lowest BCUT2D eigenvalue weighted by atomic mass is 9.67. The van der Waals surface area contributed by atoms with Crippen LogP contribution in [-0.2, 0) is 19.1 Å². The highest BCUT2D eigenvalue weighted by Crippen LogP contribution is 2.60. The van der Waals surface area contributed by atoms with Crippen LogP contribution in [0.3, 0.4) is 0 Å². The van der Waals surface area contributed by atoms with Crippen molar-refractivity contribution in [3.05, 3.63) is 0 Å². The van der Waals surface area contributed by atoms with E-state index in [1.807, 2.05) is 6.92 Å². The van der Waals surface area contributed by atoms with Gasteiger partial charge in [0.2, 0.25) is 0 Å². The van der Waals surface area contributed by atoms with Gasteiger partial charge in [-0.15, -0.1) is 0 Å². The minimum Gasteiger partial charge on any atom is -0.469 e. The SMILES string of the molecule is COC(=O)[C@H]1[C@H]2CC[C@H](C2)[C@]1(C)C(=O)OC. The maximum atomic E-state index is 11.9. The van der Waals surface area contributed by atoms with Crippen molar-refractivity contribution >= 4 is 11.9 Å². The van der Waals surface area contributed by atoms with E-state index in [1.54, 1.807) is 0 Å². The van der Waals surface area contributed by atoms with E-state index in [1.165, 1.54) is 14.2 Å². The van der Waals surface area contributed by atoms with Gasteiger partial charge in [-0.05, 0) is 38.0 Å².